The van der Waals surface area contributed by atoms with Crippen LogP contribution in [0.1, 0.15) is 18.9 Å². The van der Waals surface area contributed by atoms with Crippen molar-refractivity contribution >= 4 is 29.0 Å². The average molecular weight is 321 g/mol. The minimum absolute atomic E-state index is 0.0111. The number of hydrazone groups is 1. The van der Waals surface area contributed by atoms with Crippen LogP contribution in [-0.2, 0) is 14.3 Å². The first-order chi connectivity index (χ1) is 10.8. The third-order valence-corrected chi connectivity index (χ3v) is 3.34. The van der Waals surface area contributed by atoms with Gasteiger partial charge in [-0.25, -0.2) is 9.59 Å². The molecule has 23 heavy (non-hydrogen) atoms. The van der Waals surface area contributed by atoms with Gasteiger partial charge in [-0.15, -0.1) is 0 Å². The Labute approximate surface area is 131 Å². The van der Waals surface area contributed by atoms with Gasteiger partial charge in [0.2, 0.25) is 0 Å². The second-order valence-corrected chi connectivity index (χ2v) is 4.90. The van der Waals surface area contributed by atoms with Crippen LogP contribution in [0.5, 0.6) is 0 Å². The van der Waals surface area contributed by atoms with Gasteiger partial charge in [-0.3, -0.25) is 15.1 Å². The van der Waals surface area contributed by atoms with Crippen molar-refractivity contribution in [1.82, 2.24) is 0 Å². The molecule has 1 aliphatic heterocycles. The molecular weight excluding hydrogens is 306 g/mol. The zero-order valence-corrected chi connectivity index (χ0v) is 12.6. The molecule has 0 spiro atoms. The summed E-state index contributed by atoms with van der Waals surface area (Å²) in [6, 6.07) is 2.95. The second kappa shape index (κ2) is 6.42. The summed E-state index contributed by atoms with van der Waals surface area (Å²) >= 11 is 0. The van der Waals surface area contributed by atoms with E-state index in [9.17, 15) is 24.8 Å². The normalized spacial score (nSPS) is 16.9. The van der Waals surface area contributed by atoms with E-state index in [0.29, 0.717) is 11.3 Å². The number of benzene rings is 1. The zero-order valence-electron chi connectivity index (χ0n) is 12.6. The fraction of sp³-hybridized carbons (Fsp3) is 0.357. The number of carbonyl (C=O) groups is 2. The molecule has 0 unspecified atom stereocenters. The Hall–Kier alpha value is -2.97. The van der Waals surface area contributed by atoms with Gasteiger partial charge in [-0.2, -0.15) is 5.10 Å². The molecule has 9 heteroatoms. The maximum Gasteiger partial charge on any atom is 0.354 e. The van der Waals surface area contributed by atoms with E-state index in [1.165, 1.54) is 23.2 Å². The number of carbonyl (C=O) groups excluding carboxylic acids is 1. The van der Waals surface area contributed by atoms with E-state index < -0.39 is 22.9 Å². The van der Waals surface area contributed by atoms with Gasteiger partial charge >= 0.3 is 11.9 Å². The number of anilines is 1. The summed E-state index contributed by atoms with van der Waals surface area (Å²) < 4.78 is 4.84. The Morgan fingerprint density at radius 2 is 2.22 bits per heavy atom. The summed E-state index contributed by atoms with van der Waals surface area (Å²) in [5, 5.41) is 25.3. The first-order valence-electron chi connectivity index (χ1n) is 6.86. The number of nitrogens with zero attached hydrogens (tertiary/aromatic N) is 3. The number of hydrogen-bond donors (Lipinski definition) is 1. The molecule has 0 saturated heterocycles. The lowest BCUT2D eigenvalue weighted by Gasteiger charge is -2.21. The summed E-state index contributed by atoms with van der Waals surface area (Å²) in [7, 11) is 0. The number of non-ortho nitro benzene ring substituents is 1. The number of rotatable bonds is 5. The number of nitro benzene ring substituents is 1. The standard InChI is InChI=1S/C14H15N3O6/c1-3-23-14(20)10-7-12(13(18)19)16(15-10)11-5-4-9(17(21)22)6-8(11)2/h4-6,12H,3,7H2,1-2H3,(H,18,19)/t12-/m0/s1. The third-order valence-electron chi connectivity index (χ3n) is 3.34. The lowest BCUT2D eigenvalue weighted by molar-refractivity contribution is -0.384. The van der Waals surface area contributed by atoms with E-state index in [1.54, 1.807) is 13.8 Å². The Morgan fingerprint density at radius 1 is 1.52 bits per heavy atom. The Kier molecular flexibility index (Phi) is 4.58. The lowest BCUT2D eigenvalue weighted by atomic mass is 10.1. The van der Waals surface area contributed by atoms with Gasteiger partial charge in [0.15, 0.2) is 6.04 Å². The molecule has 0 fully saturated rings. The van der Waals surface area contributed by atoms with Crippen LogP contribution in [0.3, 0.4) is 0 Å². The van der Waals surface area contributed by atoms with Crippen molar-refractivity contribution in [2.24, 2.45) is 5.10 Å². The van der Waals surface area contributed by atoms with Crippen LogP contribution in [-0.4, -0.2) is 40.3 Å². The topological polar surface area (TPSA) is 122 Å². The van der Waals surface area contributed by atoms with E-state index in [1.807, 2.05) is 0 Å². The number of aliphatic carboxylic acids is 1. The Morgan fingerprint density at radius 3 is 2.74 bits per heavy atom. The summed E-state index contributed by atoms with van der Waals surface area (Å²) in [6.45, 7) is 3.41. The monoisotopic (exact) mass is 321 g/mol. The second-order valence-electron chi connectivity index (χ2n) is 4.90. The Bertz CT molecular complexity index is 700. The summed E-state index contributed by atoms with van der Waals surface area (Å²) in [4.78, 5) is 33.4. The number of aryl methyl sites for hydroxylation is 1. The molecule has 1 atom stereocenters. The van der Waals surface area contributed by atoms with Gasteiger partial charge < -0.3 is 9.84 Å². The first kappa shape index (κ1) is 16.4. The molecular formula is C14H15N3O6. The van der Waals surface area contributed by atoms with Crippen molar-refractivity contribution in [1.29, 1.82) is 0 Å². The highest BCUT2D eigenvalue weighted by atomic mass is 16.6. The molecule has 0 aromatic heterocycles. The molecule has 1 heterocycles. The molecule has 0 radical (unpaired) electrons. The molecule has 9 nitrogen and oxygen atoms in total. The number of carboxylic acid groups (broad SMARTS) is 1. The van der Waals surface area contributed by atoms with Gasteiger partial charge in [0, 0.05) is 18.6 Å². The first-order valence-corrected chi connectivity index (χ1v) is 6.86. The van der Waals surface area contributed by atoms with Crippen LogP contribution in [0.25, 0.3) is 0 Å². The number of carboxylic acids is 1. The smallest absolute Gasteiger partial charge is 0.354 e. The van der Waals surface area contributed by atoms with Crippen LogP contribution >= 0.6 is 0 Å². The Balaban J connectivity index is 2.39. The number of nitro groups is 1. The minimum atomic E-state index is -1.15. The van der Waals surface area contributed by atoms with Crippen LogP contribution < -0.4 is 5.01 Å². The van der Waals surface area contributed by atoms with Crippen molar-refractivity contribution in [3.05, 3.63) is 33.9 Å². The van der Waals surface area contributed by atoms with Crippen molar-refractivity contribution in [2.75, 3.05) is 11.6 Å². The van der Waals surface area contributed by atoms with Crippen molar-refractivity contribution in [3.63, 3.8) is 0 Å². The van der Waals surface area contributed by atoms with Crippen LogP contribution in [0.15, 0.2) is 23.3 Å². The molecule has 2 rings (SSSR count). The molecule has 1 aromatic carbocycles. The molecule has 1 aliphatic rings. The maximum atomic E-state index is 11.8. The predicted octanol–water partition coefficient (Wildman–Crippen LogP) is 1.49. The molecule has 0 saturated carbocycles. The van der Waals surface area contributed by atoms with Gasteiger partial charge in [-0.1, -0.05) is 0 Å². The van der Waals surface area contributed by atoms with Crippen LogP contribution in [0, 0.1) is 17.0 Å². The van der Waals surface area contributed by atoms with E-state index in [-0.39, 0.29) is 24.4 Å². The van der Waals surface area contributed by atoms with Gasteiger partial charge in [0.1, 0.15) is 5.71 Å². The maximum absolute atomic E-state index is 11.8. The fourth-order valence-corrected chi connectivity index (χ4v) is 2.27. The summed E-state index contributed by atoms with van der Waals surface area (Å²) in [5.74, 6) is -1.81. The van der Waals surface area contributed by atoms with Crippen molar-refractivity contribution in [2.45, 2.75) is 26.3 Å². The van der Waals surface area contributed by atoms with E-state index >= 15 is 0 Å². The van der Waals surface area contributed by atoms with Crippen molar-refractivity contribution in [3.8, 4) is 0 Å². The SMILES string of the molecule is CCOC(=O)C1=NN(c2ccc([N+](=O)[O-])cc2C)[C@H](C(=O)O)C1. The van der Waals surface area contributed by atoms with E-state index in [0.717, 1.165) is 0 Å². The highest BCUT2D eigenvalue weighted by Gasteiger charge is 2.37. The molecule has 1 N–H and O–H groups in total. The highest BCUT2D eigenvalue weighted by Crippen LogP contribution is 2.30. The van der Waals surface area contributed by atoms with Crippen molar-refractivity contribution < 1.29 is 24.4 Å². The average Bonchev–Trinajstić information content (AvgIpc) is 2.92. The largest absolute Gasteiger partial charge is 0.480 e. The van der Waals surface area contributed by atoms with Gasteiger partial charge in [0.05, 0.1) is 17.2 Å². The predicted molar refractivity (Wildman–Crippen MR) is 80.4 cm³/mol. The van der Waals surface area contributed by atoms with Gasteiger partial charge in [-0.05, 0) is 25.5 Å². The number of hydrogen-bond acceptors (Lipinski definition) is 7. The molecule has 122 valence electrons. The van der Waals surface area contributed by atoms with Crippen LogP contribution in [0.4, 0.5) is 11.4 Å². The quantitative estimate of drug-likeness (QED) is 0.495. The van der Waals surface area contributed by atoms with E-state index in [2.05, 4.69) is 5.10 Å². The minimum Gasteiger partial charge on any atom is -0.480 e. The van der Waals surface area contributed by atoms with E-state index in [4.69, 9.17) is 4.74 Å². The molecule has 0 bridgehead atoms. The third kappa shape index (κ3) is 3.28. The highest BCUT2D eigenvalue weighted by molar-refractivity contribution is 6.38. The zero-order chi connectivity index (χ0) is 17.1. The summed E-state index contributed by atoms with van der Waals surface area (Å²) in [6.07, 6.45) is -0.0927. The molecule has 1 aromatic rings. The van der Waals surface area contributed by atoms with Gasteiger partial charge in [0.25, 0.3) is 5.69 Å². The number of esters is 1. The summed E-state index contributed by atoms with van der Waals surface area (Å²) in [5.41, 5.74) is 0.783. The lowest BCUT2D eigenvalue weighted by Crippen LogP contribution is -2.34. The fourth-order valence-electron chi connectivity index (χ4n) is 2.27. The molecule has 0 aliphatic carbocycles. The molecule has 0 amide bonds. The van der Waals surface area contributed by atoms with Crippen LogP contribution in [0.2, 0.25) is 0 Å². The number of ether oxygens (including phenoxy) is 1.